The molecule has 0 radical (unpaired) electrons. The van der Waals surface area contributed by atoms with Gasteiger partial charge in [0.2, 0.25) is 0 Å². The molecule has 0 unspecified atom stereocenters. The lowest BCUT2D eigenvalue weighted by Crippen LogP contribution is -2.47. The van der Waals surface area contributed by atoms with Gasteiger partial charge in [-0.2, -0.15) is 18.4 Å². The summed E-state index contributed by atoms with van der Waals surface area (Å²) >= 11 is 0. The number of hydrogen-bond acceptors (Lipinski definition) is 8. The van der Waals surface area contributed by atoms with E-state index in [1.807, 2.05) is 24.3 Å². The molecule has 0 saturated carbocycles. The summed E-state index contributed by atoms with van der Waals surface area (Å²) in [6.07, 6.45) is -2.87. The zero-order chi connectivity index (χ0) is 26.0. The van der Waals surface area contributed by atoms with Crippen molar-refractivity contribution >= 4 is 16.9 Å². The molecule has 3 aromatic heterocycles. The van der Waals surface area contributed by atoms with Crippen LogP contribution in [0.2, 0.25) is 0 Å². The summed E-state index contributed by atoms with van der Waals surface area (Å²) < 4.78 is 48.9. The van der Waals surface area contributed by atoms with E-state index in [1.54, 1.807) is 19.3 Å². The summed E-state index contributed by atoms with van der Waals surface area (Å²) in [6.45, 7) is 3.73. The highest BCUT2D eigenvalue weighted by Gasteiger charge is 2.35. The maximum absolute atomic E-state index is 13.9. The van der Waals surface area contributed by atoms with Gasteiger partial charge in [-0.3, -0.25) is 4.90 Å². The Labute approximate surface area is 210 Å². The quantitative estimate of drug-likeness (QED) is 0.391. The summed E-state index contributed by atoms with van der Waals surface area (Å²) in [7, 11) is 1.64. The average Bonchev–Trinajstić information content (AvgIpc) is 3.29. The molecule has 12 heteroatoms. The van der Waals surface area contributed by atoms with Crippen molar-refractivity contribution in [3.05, 3.63) is 59.9 Å². The zero-order valence-corrected chi connectivity index (χ0v) is 20.0. The molecule has 5 rings (SSSR count). The molecule has 0 aliphatic carbocycles. The Morgan fingerprint density at radius 3 is 2.59 bits per heavy atom. The van der Waals surface area contributed by atoms with Gasteiger partial charge < -0.3 is 9.64 Å². The van der Waals surface area contributed by atoms with Crippen LogP contribution in [-0.4, -0.2) is 69.2 Å². The number of pyridine rings is 2. The van der Waals surface area contributed by atoms with Crippen LogP contribution in [0.1, 0.15) is 11.3 Å². The number of alkyl halides is 3. The highest BCUT2D eigenvalue weighted by Crippen LogP contribution is 2.39. The number of fused-ring (bicyclic) bond motifs is 1. The first-order valence-corrected chi connectivity index (χ1v) is 11.7. The van der Waals surface area contributed by atoms with E-state index in [2.05, 4.69) is 30.1 Å². The summed E-state index contributed by atoms with van der Waals surface area (Å²) in [4.78, 5) is 12.9. The van der Waals surface area contributed by atoms with E-state index >= 15 is 0 Å². The van der Waals surface area contributed by atoms with Gasteiger partial charge in [0, 0.05) is 51.5 Å². The highest BCUT2D eigenvalue weighted by molar-refractivity contribution is 5.83. The first kappa shape index (κ1) is 24.5. The maximum Gasteiger partial charge on any atom is 0.419 e. The minimum absolute atomic E-state index is 0.00220. The van der Waals surface area contributed by atoms with E-state index in [1.165, 1.54) is 16.8 Å². The Balaban J connectivity index is 1.29. The van der Waals surface area contributed by atoms with Gasteiger partial charge in [-0.1, -0.05) is 11.3 Å². The van der Waals surface area contributed by atoms with E-state index in [0.717, 1.165) is 38.1 Å². The van der Waals surface area contributed by atoms with Gasteiger partial charge in [-0.15, -0.1) is 5.10 Å². The number of piperazine rings is 1. The van der Waals surface area contributed by atoms with Crippen LogP contribution in [0.15, 0.2) is 48.7 Å². The first-order valence-electron chi connectivity index (χ1n) is 11.7. The van der Waals surface area contributed by atoms with Crippen LogP contribution in [0.5, 0.6) is 5.75 Å². The van der Waals surface area contributed by atoms with Crippen LogP contribution >= 0.6 is 0 Å². The van der Waals surface area contributed by atoms with Crippen molar-refractivity contribution in [2.24, 2.45) is 7.05 Å². The van der Waals surface area contributed by atoms with Crippen molar-refractivity contribution in [2.45, 2.75) is 6.18 Å². The normalized spacial score (nSPS) is 14.6. The van der Waals surface area contributed by atoms with Crippen molar-refractivity contribution in [2.75, 3.05) is 44.2 Å². The standard InChI is InChI=1S/C25H23F3N8O/c1-34-21-15-19(31-20(16-29)24(21)32-33-34)17-5-6-22(18(14-17)25(26,27)28)37-13-12-35-8-10-36(11-9-35)23-4-2-3-7-30-23/h2-7,14-15H,8-13H2,1H3. The van der Waals surface area contributed by atoms with Gasteiger partial charge >= 0.3 is 6.18 Å². The molecule has 1 fully saturated rings. The second-order valence-electron chi connectivity index (χ2n) is 8.62. The first-order chi connectivity index (χ1) is 17.8. The van der Waals surface area contributed by atoms with Crippen LogP contribution < -0.4 is 9.64 Å². The Morgan fingerprint density at radius 2 is 1.89 bits per heavy atom. The maximum atomic E-state index is 13.9. The molecule has 4 aromatic rings. The predicted molar refractivity (Wildman–Crippen MR) is 130 cm³/mol. The molecular weight excluding hydrogens is 485 g/mol. The van der Waals surface area contributed by atoms with Gasteiger partial charge in [-0.05, 0) is 36.4 Å². The lowest BCUT2D eigenvalue weighted by atomic mass is 10.1. The topological polar surface area (TPSA) is 96.0 Å². The van der Waals surface area contributed by atoms with Crippen LogP contribution in [0.4, 0.5) is 19.0 Å². The Kier molecular flexibility index (Phi) is 6.62. The molecular formula is C25H23F3N8O. The van der Waals surface area contributed by atoms with E-state index in [0.29, 0.717) is 17.6 Å². The number of aryl methyl sites for hydroxylation is 1. The smallest absolute Gasteiger partial charge is 0.419 e. The SMILES string of the molecule is Cn1nnc2c(C#N)nc(-c3ccc(OCCN4CCN(c5ccccn5)CC4)c(C(F)(F)F)c3)cc21. The molecule has 37 heavy (non-hydrogen) atoms. The molecule has 1 aliphatic rings. The molecule has 1 saturated heterocycles. The van der Waals surface area contributed by atoms with E-state index in [9.17, 15) is 18.4 Å². The Morgan fingerprint density at radius 1 is 1.08 bits per heavy atom. The summed E-state index contributed by atoms with van der Waals surface area (Å²) in [6, 6.07) is 13.1. The molecule has 0 amide bonds. The molecule has 1 aliphatic heterocycles. The molecule has 0 bridgehead atoms. The summed E-state index contributed by atoms with van der Waals surface area (Å²) in [5.41, 5.74) is 0.331. The van der Waals surface area contributed by atoms with Gasteiger partial charge in [-0.25, -0.2) is 14.6 Å². The molecule has 9 nitrogen and oxygen atoms in total. The fourth-order valence-corrected chi connectivity index (χ4v) is 4.32. The molecule has 0 spiro atoms. The monoisotopic (exact) mass is 508 g/mol. The van der Waals surface area contributed by atoms with Gasteiger partial charge in [0.25, 0.3) is 0 Å². The van der Waals surface area contributed by atoms with Gasteiger partial charge in [0.05, 0.1) is 16.8 Å². The molecule has 1 aromatic carbocycles. The van der Waals surface area contributed by atoms with Crippen molar-refractivity contribution in [1.82, 2.24) is 29.9 Å². The van der Waals surface area contributed by atoms with E-state index < -0.39 is 11.7 Å². The number of nitrogens with zero attached hydrogens (tertiary/aromatic N) is 8. The fourth-order valence-electron chi connectivity index (χ4n) is 4.32. The van der Waals surface area contributed by atoms with Crippen LogP contribution in [-0.2, 0) is 13.2 Å². The number of aromatic nitrogens is 5. The second kappa shape index (κ2) is 10.0. The lowest BCUT2D eigenvalue weighted by Gasteiger charge is -2.35. The number of ether oxygens (including phenoxy) is 1. The molecule has 0 N–H and O–H groups in total. The minimum atomic E-state index is -4.63. The van der Waals surface area contributed by atoms with Crippen LogP contribution in [0.3, 0.4) is 0 Å². The zero-order valence-electron chi connectivity index (χ0n) is 20.0. The average molecular weight is 509 g/mol. The number of benzene rings is 1. The molecule has 190 valence electrons. The highest BCUT2D eigenvalue weighted by atomic mass is 19.4. The van der Waals surface area contributed by atoms with Crippen molar-refractivity contribution < 1.29 is 17.9 Å². The van der Waals surface area contributed by atoms with Crippen molar-refractivity contribution in [1.29, 1.82) is 5.26 Å². The molecule has 0 atom stereocenters. The van der Waals surface area contributed by atoms with Crippen LogP contribution in [0.25, 0.3) is 22.3 Å². The third-order valence-electron chi connectivity index (χ3n) is 6.30. The number of rotatable bonds is 6. The largest absolute Gasteiger partial charge is 0.492 e. The number of halogens is 3. The minimum Gasteiger partial charge on any atom is -0.492 e. The summed E-state index contributed by atoms with van der Waals surface area (Å²) in [5, 5.41) is 17.2. The van der Waals surface area contributed by atoms with Crippen LogP contribution in [0, 0.1) is 11.3 Å². The predicted octanol–water partition coefficient (Wildman–Crippen LogP) is 3.52. The second-order valence-corrected chi connectivity index (χ2v) is 8.62. The fraction of sp³-hybridized carbons (Fsp3) is 0.320. The van der Waals surface area contributed by atoms with Crippen molar-refractivity contribution in [3.8, 4) is 23.1 Å². The Hall–Kier alpha value is -4.24. The van der Waals surface area contributed by atoms with E-state index in [4.69, 9.17) is 4.74 Å². The molecule has 4 heterocycles. The number of anilines is 1. The van der Waals surface area contributed by atoms with E-state index in [-0.39, 0.29) is 29.3 Å². The third-order valence-corrected chi connectivity index (χ3v) is 6.30. The van der Waals surface area contributed by atoms with Gasteiger partial charge in [0.1, 0.15) is 29.8 Å². The third kappa shape index (κ3) is 5.17. The van der Waals surface area contributed by atoms with Crippen molar-refractivity contribution in [3.63, 3.8) is 0 Å². The van der Waals surface area contributed by atoms with Gasteiger partial charge in [0.15, 0.2) is 5.69 Å². The lowest BCUT2D eigenvalue weighted by molar-refractivity contribution is -0.138. The number of hydrogen-bond donors (Lipinski definition) is 0. The Bertz CT molecular complexity index is 1440. The number of nitriles is 1. The summed E-state index contributed by atoms with van der Waals surface area (Å²) in [5.74, 6) is 0.677.